The van der Waals surface area contributed by atoms with Crippen LogP contribution in [0.15, 0.2) is 47.4 Å². The Kier molecular flexibility index (Phi) is 7.65. The van der Waals surface area contributed by atoms with Gasteiger partial charge in [-0.05, 0) is 49.9 Å². The number of amides is 2. The molecule has 32 heavy (non-hydrogen) atoms. The van der Waals surface area contributed by atoms with Crippen molar-refractivity contribution < 1.29 is 22.7 Å². The predicted octanol–water partition coefficient (Wildman–Crippen LogP) is 1.78. The fourth-order valence-corrected chi connectivity index (χ4v) is 5.32. The summed E-state index contributed by atoms with van der Waals surface area (Å²) in [6, 6.07) is 12.8. The molecular formula is C23H29N3O5S. The van der Waals surface area contributed by atoms with E-state index in [-0.39, 0.29) is 24.5 Å². The van der Waals surface area contributed by atoms with Gasteiger partial charge in [0.1, 0.15) is 6.23 Å². The zero-order chi connectivity index (χ0) is 23.3. The molecule has 2 aromatic carbocycles. The zero-order valence-electron chi connectivity index (χ0n) is 18.6. The molecule has 1 aliphatic heterocycles. The van der Waals surface area contributed by atoms with Gasteiger partial charge in [-0.3, -0.25) is 9.59 Å². The molecule has 0 spiro atoms. The Bertz CT molecular complexity index is 1080. The first-order chi connectivity index (χ1) is 15.2. The molecule has 0 radical (unpaired) electrons. The molecular weight excluding hydrogens is 430 g/mol. The number of nitrogens with one attached hydrogen (secondary N) is 2. The van der Waals surface area contributed by atoms with E-state index in [0.717, 1.165) is 16.7 Å². The molecule has 1 atom stereocenters. The summed E-state index contributed by atoms with van der Waals surface area (Å²) in [7, 11) is -3.83. The molecule has 1 saturated heterocycles. The fraction of sp³-hybridized carbons (Fsp3) is 0.391. The molecule has 1 aliphatic rings. The summed E-state index contributed by atoms with van der Waals surface area (Å²) >= 11 is 0. The zero-order valence-corrected chi connectivity index (χ0v) is 19.4. The van der Waals surface area contributed by atoms with Gasteiger partial charge in [-0.1, -0.05) is 42.0 Å². The maximum absolute atomic E-state index is 13.3. The maximum Gasteiger partial charge on any atom is 0.309 e. The quantitative estimate of drug-likeness (QED) is 0.641. The van der Waals surface area contributed by atoms with E-state index in [1.807, 2.05) is 44.2 Å². The second kappa shape index (κ2) is 10.2. The Morgan fingerprint density at radius 1 is 1.00 bits per heavy atom. The summed E-state index contributed by atoms with van der Waals surface area (Å²) in [5.74, 6) is -1.62. The van der Waals surface area contributed by atoms with Crippen LogP contribution in [0.1, 0.15) is 28.7 Å². The Morgan fingerprint density at radius 3 is 2.38 bits per heavy atom. The lowest BCUT2D eigenvalue weighted by Crippen LogP contribution is -2.53. The molecule has 1 unspecified atom stereocenters. The predicted molar refractivity (Wildman–Crippen MR) is 120 cm³/mol. The summed E-state index contributed by atoms with van der Waals surface area (Å²) in [6.07, 6.45) is -0.339. The third-order valence-electron chi connectivity index (χ3n) is 5.30. The average molecular weight is 460 g/mol. The SMILES string of the molecule is Cc1ccc(CNC(=O)C(=O)NCC2OCCCN2S(=O)(=O)c2cc(C)ccc2C)cc1. The average Bonchev–Trinajstić information content (AvgIpc) is 2.78. The summed E-state index contributed by atoms with van der Waals surface area (Å²) < 4.78 is 33.5. The van der Waals surface area contributed by atoms with Crippen molar-refractivity contribution in [2.24, 2.45) is 0 Å². The summed E-state index contributed by atoms with van der Waals surface area (Å²) in [4.78, 5) is 24.6. The van der Waals surface area contributed by atoms with E-state index in [1.165, 1.54) is 4.31 Å². The molecule has 2 aromatic rings. The van der Waals surface area contributed by atoms with Crippen molar-refractivity contribution in [3.8, 4) is 0 Å². The second-order valence-electron chi connectivity index (χ2n) is 7.94. The molecule has 0 bridgehead atoms. The van der Waals surface area contributed by atoms with Crippen LogP contribution in [0.5, 0.6) is 0 Å². The molecule has 1 heterocycles. The van der Waals surface area contributed by atoms with Crippen molar-refractivity contribution in [1.82, 2.24) is 14.9 Å². The smallest absolute Gasteiger partial charge is 0.309 e. The highest BCUT2D eigenvalue weighted by molar-refractivity contribution is 7.89. The first-order valence-corrected chi connectivity index (χ1v) is 11.9. The van der Waals surface area contributed by atoms with E-state index in [2.05, 4.69) is 10.6 Å². The normalized spacial score (nSPS) is 17.0. The number of carbonyl (C=O) groups excluding carboxylic acids is 2. The van der Waals surface area contributed by atoms with Gasteiger partial charge >= 0.3 is 11.8 Å². The molecule has 0 saturated carbocycles. The highest BCUT2D eigenvalue weighted by atomic mass is 32.2. The highest BCUT2D eigenvalue weighted by Crippen LogP contribution is 2.25. The number of benzene rings is 2. The lowest BCUT2D eigenvalue weighted by Gasteiger charge is -2.35. The van der Waals surface area contributed by atoms with Crippen molar-refractivity contribution >= 4 is 21.8 Å². The first-order valence-electron chi connectivity index (χ1n) is 10.5. The lowest BCUT2D eigenvalue weighted by atomic mass is 10.1. The van der Waals surface area contributed by atoms with Crippen LogP contribution in [-0.4, -0.2) is 50.5 Å². The molecule has 9 heteroatoms. The minimum atomic E-state index is -3.83. The van der Waals surface area contributed by atoms with Crippen LogP contribution in [0.25, 0.3) is 0 Å². The van der Waals surface area contributed by atoms with E-state index < -0.39 is 28.1 Å². The van der Waals surface area contributed by atoms with Crippen molar-refractivity contribution in [2.45, 2.75) is 44.9 Å². The monoisotopic (exact) mass is 459 g/mol. The summed E-state index contributed by atoms with van der Waals surface area (Å²) in [6.45, 7) is 6.28. The molecule has 0 aromatic heterocycles. The first kappa shape index (κ1) is 23.9. The minimum Gasteiger partial charge on any atom is -0.360 e. The van der Waals surface area contributed by atoms with Crippen molar-refractivity contribution in [1.29, 1.82) is 0 Å². The van der Waals surface area contributed by atoms with Gasteiger partial charge in [0.15, 0.2) is 0 Å². The van der Waals surface area contributed by atoms with Crippen LogP contribution in [0, 0.1) is 20.8 Å². The molecule has 0 aliphatic carbocycles. The van der Waals surface area contributed by atoms with E-state index in [0.29, 0.717) is 18.6 Å². The molecule has 2 amide bonds. The van der Waals surface area contributed by atoms with Crippen molar-refractivity contribution in [3.05, 3.63) is 64.7 Å². The number of hydrogen-bond donors (Lipinski definition) is 2. The summed E-state index contributed by atoms with van der Waals surface area (Å²) in [5, 5.41) is 5.06. The number of carbonyl (C=O) groups is 2. The van der Waals surface area contributed by atoms with Gasteiger partial charge in [-0.15, -0.1) is 0 Å². The minimum absolute atomic E-state index is 0.124. The highest BCUT2D eigenvalue weighted by Gasteiger charge is 2.35. The Balaban J connectivity index is 1.62. The van der Waals surface area contributed by atoms with E-state index in [1.54, 1.807) is 19.1 Å². The van der Waals surface area contributed by atoms with Gasteiger partial charge in [0.05, 0.1) is 18.0 Å². The number of aryl methyl sites for hydroxylation is 3. The van der Waals surface area contributed by atoms with Crippen LogP contribution < -0.4 is 10.6 Å². The van der Waals surface area contributed by atoms with E-state index >= 15 is 0 Å². The van der Waals surface area contributed by atoms with Crippen LogP contribution >= 0.6 is 0 Å². The van der Waals surface area contributed by atoms with Crippen molar-refractivity contribution in [3.63, 3.8) is 0 Å². The van der Waals surface area contributed by atoms with Gasteiger partial charge in [-0.2, -0.15) is 4.31 Å². The largest absolute Gasteiger partial charge is 0.360 e. The molecule has 2 N–H and O–H groups in total. The Morgan fingerprint density at radius 2 is 1.66 bits per heavy atom. The molecule has 172 valence electrons. The fourth-order valence-electron chi connectivity index (χ4n) is 3.44. The summed E-state index contributed by atoms with van der Waals surface area (Å²) in [5.41, 5.74) is 3.45. The van der Waals surface area contributed by atoms with Crippen LogP contribution in [0.4, 0.5) is 0 Å². The number of rotatable bonds is 6. The topological polar surface area (TPSA) is 105 Å². The third-order valence-corrected chi connectivity index (χ3v) is 7.33. The number of hydrogen-bond acceptors (Lipinski definition) is 5. The van der Waals surface area contributed by atoms with Gasteiger partial charge in [0.2, 0.25) is 10.0 Å². The van der Waals surface area contributed by atoms with Crippen LogP contribution in [0.2, 0.25) is 0 Å². The number of nitrogens with zero attached hydrogens (tertiary/aromatic N) is 1. The lowest BCUT2D eigenvalue weighted by molar-refractivity contribution is -0.140. The van der Waals surface area contributed by atoms with Crippen LogP contribution in [-0.2, 0) is 30.9 Å². The molecule has 1 fully saturated rings. The van der Waals surface area contributed by atoms with Gasteiger partial charge in [-0.25, -0.2) is 8.42 Å². The van der Waals surface area contributed by atoms with Crippen molar-refractivity contribution in [2.75, 3.05) is 19.7 Å². The van der Waals surface area contributed by atoms with E-state index in [9.17, 15) is 18.0 Å². The molecule has 8 nitrogen and oxygen atoms in total. The van der Waals surface area contributed by atoms with E-state index in [4.69, 9.17) is 4.74 Å². The standard InChI is InChI=1S/C23H29N3O5S/c1-16-6-9-19(10-7-16)14-24-22(27)23(28)25-15-21-26(11-4-12-31-21)32(29,30)20-13-17(2)5-8-18(20)3/h5-10,13,21H,4,11-12,14-15H2,1-3H3,(H,24,27)(H,25,28). The third kappa shape index (κ3) is 5.73. The second-order valence-corrected chi connectivity index (χ2v) is 9.80. The van der Waals surface area contributed by atoms with Gasteiger partial charge < -0.3 is 15.4 Å². The van der Waals surface area contributed by atoms with Gasteiger partial charge in [0, 0.05) is 13.1 Å². The van der Waals surface area contributed by atoms with Gasteiger partial charge in [0.25, 0.3) is 0 Å². The molecule has 3 rings (SSSR count). The maximum atomic E-state index is 13.3. The number of sulfonamides is 1. The Hall–Kier alpha value is -2.75. The van der Waals surface area contributed by atoms with Crippen LogP contribution in [0.3, 0.4) is 0 Å². The Labute approximate surface area is 189 Å². The number of ether oxygens (including phenoxy) is 1.